The Hall–Kier alpha value is -1.44. The number of sulfonamides is 1. The summed E-state index contributed by atoms with van der Waals surface area (Å²) in [6.45, 7) is 0.523. The van der Waals surface area contributed by atoms with Gasteiger partial charge in [0.1, 0.15) is 0 Å². The van der Waals surface area contributed by atoms with Gasteiger partial charge in [-0.05, 0) is 61.8 Å². The molecule has 2 saturated carbocycles. The molecular formula is C17H24N2O4S. The van der Waals surface area contributed by atoms with Crippen LogP contribution in [0.5, 0.6) is 0 Å². The standard InChI is InChI=1S/C17H24N2O4S/c1-23-11-10-18-24(21,22)15-8-6-14(7-9-15)17(20)19-16(12-2-3-12)13-4-5-13/h6-9,12-13,16,18H,2-5,10-11H2,1H3,(H,19,20). The largest absolute Gasteiger partial charge is 0.383 e. The van der Waals surface area contributed by atoms with Gasteiger partial charge < -0.3 is 10.1 Å². The summed E-state index contributed by atoms with van der Waals surface area (Å²) >= 11 is 0. The molecule has 0 aliphatic heterocycles. The predicted octanol–water partition coefficient (Wildman–Crippen LogP) is 1.53. The molecule has 1 aromatic carbocycles. The van der Waals surface area contributed by atoms with E-state index >= 15 is 0 Å². The first-order chi connectivity index (χ1) is 11.5. The maximum Gasteiger partial charge on any atom is 0.251 e. The lowest BCUT2D eigenvalue weighted by molar-refractivity contribution is 0.0926. The molecule has 0 saturated heterocycles. The van der Waals surface area contributed by atoms with Crippen LogP contribution >= 0.6 is 0 Å². The predicted molar refractivity (Wildman–Crippen MR) is 90.2 cm³/mol. The molecule has 2 aliphatic rings. The van der Waals surface area contributed by atoms with Gasteiger partial charge >= 0.3 is 0 Å². The maximum absolute atomic E-state index is 12.4. The van der Waals surface area contributed by atoms with E-state index in [9.17, 15) is 13.2 Å². The third kappa shape index (κ3) is 4.34. The molecule has 24 heavy (non-hydrogen) atoms. The molecular weight excluding hydrogens is 328 g/mol. The zero-order valence-electron chi connectivity index (χ0n) is 13.8. The maximum atomic E-state index is 12.4. The molecule has 6 nitrogen and oxygen atoms in total. The van der Waals surface area contributed by atoms with Gasteiger partial charge in [-0.2, -0.15) is 0 Å². The van der Waals surface area contributed by atoms with E-state index in [0.29, 0.717) is 24.0 Å². The van der Waals surface area contributed by atoms with E-state index in [1.54, 1.807) is 12.1 Å². The highest BCUT2D eigenvalue weighted by Gasteiger charge is 2.42. The van der Waals surface area contributed by atoms with Gasteiger partial charge in [0, 0.05) is 25.3 Å². The van der Waals surface area contributed by atoms with Crippen molar-refractivity contribution in [2.24, 2.45) is 11.8 Å². The Morgan fingerprint density at radius 1 is 1.17 bits per heavy atom. The Balaban J connectivity index is 1.62. The number of carbonyl (C=O) groups is 1. The smallest absolute Gasteiger partial charge is 0.251 e. The second-order valence-electron chi connectivity index (χ2n) is 6.59. The van der Waals surface area contributed by atoms with E-state index < -0.39 is 10.0 Å². The van der Waals surface area contributed by atoms with Gasteiger partial charge in [0.05, 0.1) is 11.5 Å². The number of nitrogens with one attached hydrogen (secondary N) is 2. The van der Waals surface area contributed by atoms with Gasteiger partial charge in [0.2, 0.25) is 10.0 Å². The van der Waals surface area contributed by atoms with E-state index in [-0.39, 0.29) is 23.4 Å². The van der Waals surface area contributed by atoms with Gasteiger partial charge in [0.25, 0.3) is 5.91 Å². The van der Waals surface area contributed by atoms with Crippen molar-refractivity contribution >= 4 is 15.9 Å². The van der Waals surface area contributed by atoms with Crippen LogP contribution in [-0.2, 0) is 14.8 Å². The average molecular weight is 352 g/mol. The molecule has 0 unspecified atom stereocenters. The molecule has 1 amide bonds. The van der Waals surface area contributed by atoms with Crippen molar-refractivity contribution in [1.82, 2.24) is 10.0 Å². The van der Waals surface area contributed by atoms with E-state index in [1.165, 1.54) is 44.9 Å². The van der Waals surface area contributed by atoms with Crippen molar-refractivity contribution in [3.63, 3.8) is 0 Å². The molecule has 0 atom stereocenters. The summed E-state index contributed by atoms with van der Waals surface area (Å²) in [6, 6.07) is 6.35. The minimum atomic E-state index is -3.57. The number of methoxy groups -OCH3 is 1. The number of ether oxygens (including phenoxy) is 1. The molecule has 0 heterocycles. The molecule has 2 fully saturated rings. The van der Waals surface area contributed by atoms with Crippen LogP contribution in [0.1, 0.15) is 36.0 Å². The van der Waals surface area contributed by atoms with Gasteiger partial charge in [-0.25, -0.2) is 13.1 Å². The summed E-state index contributed by atoms with van der Waals surface area (Å²) in [7, 11) is -2.05. The van der Waals surface area contributed by atoms with Gasteiger partial charge in [-0.3, -0.25) is 4.79 Å². The highest BCUT2D eigenvalue weighted by atomic mass is 32.2. The lowest BCUT2D eigenvalue weighted by Gasteiger charge is -2.17. The zero-order chi connectivity index (χ0) is 17.2. The zero-order valence-corrected chi connectivity index (χ0v) is 14.6. The Labute approximate surface area is 143 Å². The third-order valence-corrected chi connectivity index (χ3v) is 6.06. The van der Waals surface area contributed by atoms with Crippen LogP contribution in [0.4, 0.5) is 0 Å². The Bertz CT molecular complexity index is 667. The average Bonchev–Trinajstić information content (AvgIpc) is 3.46. The Kier molecular flexibility index (Phi) is 5.22. The molecule has 0 radical (unpaired) electrons. The molecule has 132 valence electrons. The minimum Gasteiger partial charge on any atom is -0.383 e. The fraction of sp³-hybridized carbons (Fsp3) is 0.588. The molecule has 1 aromatic rings. The first-order valence-corrected chi connectivity index (χ1v) is 9.89. The molecule has 0 bridgehead atoms. The number of hydrogen-bond acceptors (Lipinski definition) is 4. The molecule has 7 heteroatoms. The van der Waals surface area contributed by atoms with E-state index in [1.807, 2.05) is 0 Å². The number of amides is 1. The van der Waals surface area contributed by atoms with E-state index in [4.69, 9.17) is 4.74 Å². The van der Waals surface area contributed by atoms with Crippen molar-refractivity contribution in [3.05, 3.63) is 29.8 Å². The number of hydrogen-bond donors (Lipinski definition) is 2. The van der Waals surface area contributed by atoms with Crippen LogP contribution < -0.4 is 10.0 Å². The minimum absolute atomic E-state index is 0.116. The Morgan fingerprint density at radius 2 is 1.75 bits per heavy atom. The van der Waals surface area contributed by atoms with Crippen molar-refractivity contribution < 1.29 is 17.9 Å². The van der Waals surface area contributed by atoms with Crippen molar-refractivity contribution in [2.75, 3.05) is 20.3 Å². The van der Waals surface area contributed by atoms with Gasteiger partial charge in [-0.15, -0.1) is 0 Å². The second-order valence-corrected chi connectivity index (χ2v) is 8.36. The van der Waals surface area contributed by atoms with Crippen LogP contribution in [-0.4, -0.2) is 40.6 Å². The summed E-state index contributed by atoms with van der Waals surface area (Å²) in [6.07, 6.45) is 4.80. The lowest BCUT2D eigenvalue weighted by Crippen LogP contribution is -2.38. The summed E-state index contributed by atoms with van der Waals surface area (Å²) < 4.78 is 31.5. The highest BCUT2D eigenvalue weighted by molar-refractivity contribution is 7.89. The number of carbonyl (C=O) groups excluding carboxylic acids is 1. The Morgan fingerprint density at radius 3 is 2.25 bits per heavy atom. The van der Waals surface area contributed by atoms with Crippen molar-refractivity contribution in [2.45, 2.75) is 36.6 Å². The van der Waals surface area contributed by atoms with Crippen molar-refractivity contribution in [3.8, 4) is 0 Å². The number of rotatable bonds is 9. The van der Waals surface area contributed by atoms with Crippen LogP contribution in [0.3, 0.4) is 0 Å². The summed E-state index contributed by atoms with van der Waals surface area (Å²) in [5.74, 6) is 1.15. The topological polar surface area (TPSA) is 84.5 Å². The fourth-order valence-electron chi connectivity index (χ4n) is 2.91. The number of benzene rings is 1. The monoisotopic (exact) mass is 352 g/mol. The summed E-state index contributed by atoms with van der Waals surface area (Å²) in [5, 5.41) is 3.14. The molecule has 2 N–H and O–H groups in total. The summed E-state index contributed by atoms with van der Waals surface area (Å²) in [4.78, 5) is 12.5. The normalized spacial score (nSPS) is 17.9. The van der Waals surface area contributed by atoms with Gasteiger partial charge in [-0.1, -0.05) is 0 Å². The van der Waals surface area contributed by atoms with E-state index in [0.717, 1.165) is 0 Å². The first kappa shape index (κ1) is 17.4. The first-order valence-electron chi connectivity index (χ1n) is 8.41. The lowest BCUT2D eigenvalue weighted by atomic mass is 10.1. The van der Waals surface area contributed by atoms with Crippen LogP contribution in [0.15, 0.2) is 29.2 Å². The van der Waals surface area contributed by atoms with Crippen molar-refractivity contribution in [1.29, 1.82) is 0 Å². The summed E-state index contributed by atoms with van der Waals surface area (Å²) in [5.41, 5.74) is 0.497. The van der Waals surface area contributed by atoms with Crippen LogP contribution in [0.25, 0.3) is 0 Å². The molecule has 3 rings (SSSR count). The highest BCUT2D eigenvalue weighted by Crippen LogP contribution is 2.44. The third-order valence-electron chi connectivity index (χ3n) is 4.58. The van der Waals surface area contributed by atoms with E-state index in [2.05, 4.69) is 10.0 Å². The second kappa shape index (κ2) is 7.21. The SMILES string of the molecule is COCCNS(=O)(=O)c1ccc(C(=O)NC(C2CC2)C2CC2)cc1. The molecule has 2 aliphatic carbocycles. The molecule has 0 aromatic heterocycles. The van der Waals surface area contributed by atoms with Crippen LogP contribution in [0.2, 0.25) is 0 Å². The van der Waals surface area contributed by atoms with Gasteiger partial charge in [0.15, 0.2) is 0 Å². The quantitative estimate of drug-likeness (QED) is 0.660. The fourth-order valence-corrected chi connectivity index (χ4v) is 3.93. The van der Waals surface area contributed by atoms with Crippen LogP contribution in [0, 0.1) is 11.8 Å². The molecule has 0 spiro atoms.